The predicted molar refractivity (Wildman–Crippen MR) is 86.8 cm³/mol. The van der Waals surface area contributed by atoms with Crippen molar-refractivity contribution in [2.75, 3.05) is 13.2 Å². The Hall–Kier alpha value is -1.73. The van der Waals surface area contributed by atoms with E-state index in [1.165, 1.54) is 12.1 Å². The summed E-state index contributed by atoms with van der Waals surface area (Å²) in [7, 11) is 0. The first-order valence-corrected chi connectivity index (χ1v) is 8.56. The molecule has 2 N–H and O–H groups in total. The van der Waals surface area contributed by atoms with Crippen LogP contribution in [0.2, 0.25) is 0 Å². The maximum Gasteiger partial charge on any atom is 0.150 e. The van der Waals surface area contributed by atoms with Crippen LogP contribution in [-0.2, 0) is 24.2 Å². The second kappa shape index (κ2) is 7.70. The van der Waals surface area contributed by atoms with Gasteiger partial charge in [-0.15, -0.1) is 0 Å². The Labute approximate surface area is 136 Å². The Morgan fingerprint density at radius 2 is 2.35 bits per heavy atom. The molecular formula is C16H26N6O. The number of H-pyrrole nitrogens is 1. The Balaban J connectivity index is 1.58. The maximum atomic E-state index is 6.07. The number of aryl methyl sites for hydroxylation is 2. The zero-order chi connectivity index (χ0) is 16.1. The molecule has 126 valence electrons. The molecule has 0 aliphatic carbocycles. The molecule has 1 fully saturated rings. The standard InChI is InChI=1S/C16H26N6O/c1-3-14-19-15(21-20-14)11-17-10-12-6-5-9-23-16(12)13-7-8-18-22(13)4-2/h7-8,12,16-17H,3-6,9-11H2,1-2H3,(H,19,20,21)/t12-,16+/m0/s1. The topological polar surface area (TPSA) is 80.6 Å². The smallest absolute Gasteiger partial charge is 0.150 e. The van der Waals surface area contributed by atoms with Crippen molar-refractivity contribution in [3.05, 3.63) is 29.6 Å². The number of rotatable bonds is 7. The van der Waals surface area contributed by atoms with E-state index in [4.69, 9.17) is 4.74 Å². The van der Waals surface area contributed by atoms with Crippen LogP contribution in [0.1, 0.15) is 50.1 Å². The predicted octanol–water partition coefficient (Wildman–Crippen LogP) is 1.84. The van der Waals surface area contributed by atoms with Crippen molar-refractivity contribution in [2.24, 2.45) is 5.92 Å². The number of hydrogen-bond acceptors (Lipinski definition) is 5. The van der Waals surface area contributed by atoms with E-state index in [2.05, 4.69) is 45.5 Å². The molecule has 2 aromatic heterocycles. The first-order valence-electron chi connectivity index (χ1n) is 8.56. The van der Waals surface area contributed by atoms with Gasteiger partial charge < -0.3 is 10.1 Å². The molecule has 1 aliphatic rings. The summed E-state index contributed by atoms with van der Waals surface area (Å²) >= 11 is 0. The lowest BCUT2D eigenvalue weighted by molar-refractivity contribution is -0.0328. The van der Waals surface area contributed by atoms with Crippen molar-refractivity contribution in [3.8, 4) is 0 Å². The summed E-state index contributed by atoms with van der Waals surface area (Å²) in [5.74, 6) is 2.22. The summed E-state index contributed by atoms with van der Waals surface area (Å²) in [6, 6.07) is 2.08. The van der Waals surface area contributed by atoms with Crippen molar-refractivity contribution >= 4 is 0 Å². The van der Waals surface area contributed by atoms with E-state index < -0.39 is 0 Å². The number of nitrogens with zero attached hydrogens (tertiary/aromatic N) is 4. The molecular weight excluding hydrogens is 292 g/mol. The Kier molecular flexibility index (Phi) is 5.40. The van der Waals surface area contributed by atoms with Crippen molar-refractivity contribution < 1.29 is 4.74 Å². The van der Waals surface area contributed by atoms with Gasteiger partial charge in [-0.3, -0.25) is 9.78 Å². The number of ether oxygens (including phenoxy) is 1. The third-order valence-corrected chi connectivity index (χ3v) is 4.38. The second-order valence-electron chi connectivity index (χ2n) is 5.95. The molecule has 0 radical (unpaired) electrons. The van der Waals surface area contributed by atoms with E-state index in [9.17, 15) is 0 Å². The molecule has 1 saturated heterocycles. The van der Waals surface area contributed by atoms with Gasteiger partial charge in [0.1, 0.15) is 17.8 Å². The average Bonchev–Trinajstić information content (AvgIpc) is 3.24. The minimum atomic E-state index is 0.125. The van der Waals surface area contributed by atoms with Gasteiger partial charge >= 0.3 is 0 Å². The molecule has 0 saturated carbocycles. The van der Waals surface area contributed by atoms with Crippen molar-refractivity contribution in [1.82, 2.24) is 30.3 Å². The minimum Gasteiger partial charge on any atom is -0.372 e. The monoisotopic (exact) mass is 318 g/mol. The number of aromatic nitrogens is 5. The lowest BCUT2D eigenvalue weighted by atomic mass is 9.92. The van der Waals surface area contributed by atoms with E-state index in [1.807, 2.05) is 10.9 Å². The maximum absolute atomic E-state index is 6.07. The lowest BCUT2D eigenvalue weighted by Crippen LogP contribution is -2.33. The van der Waals surface area contributed by atoms with Crippen LogP contribution in [-0.4, -0.2) is 38.1 Å². The van der Waals surface area contributed by atoms with Gasteiger partial charge in [0.2, 0.25) is 0 Å². The van der Waals surface area contributed by atoms with Crippen LogP contribution in [0, 0.1) is 5.92 Å². The largest absolute Gasteiger partial charge is 0.372 e. The molecule has 7 nitrogen and oxygen atoms in total. The normalized spacial score (nSPS) is 21.7. The van der Waals surface area contributed by atoms with Crippen LogP contribution in [0.4, 0.5) is 0 Å². The highest BCUT2D eigenvalue weighted by molar-refractivity contribution is 5.07. The van der Waals surface area contributed by atoms with Crippen molar-refractivity contribution in [1.29, 1.82) is 0 Å². The van der Waals surface area contributed by atoms with Crippen LogP contribution in [0.3, 0.4) is 0 Å². The zero-order valence-corrected chi connectivity index (χ0v) is 14.0. The highest BCUT2D eigenvalue weighted by Gasteiger charge is 2.29. The molecule has 2 aromatic rings. The van der Waals surface area contributed by atoms with Crippen LogP contribution >= 0.6 is 0 Å². The van der Waals surface area contributed by atoms with Gasteiger partial charge in [0, 0.05) is 38.2 Å². The summed E-state index contributed by atoms with van der Waals surface area (Å²) in [4.78, 5) is 4.43. The number of nitrogens with one attached hydrogen (secondary N) is 2. The molecule has 3 heterocycles. The molecule has 0 aromatic carbocycles. The molecule has 2 atom stereocenters. The third-order valence-electron chi connectivity index (χ3n) is 4.38. The quantitative estimate of drug-likeness (QED) is 0.814. The van der Waals surface area contributed by atoms with Gasteiger partial charge in [-0.1, -0.05) is 6.92 Å². The van der Waals surface area contributed by atoms with Crippen LogP contribution in [0.15, 0.2) is 12.3 Å². The molecule has 23 heavy (non-hydrogen) atoms. The van der Waals surface area contributed by atoms with Gasteiger partial charge in [-0.05, 0) is 25.8 Å². The van der Waals surface area contributed by atoms with E-state index in [0.717, 1.165) is 44.2 Å². The van der Waals surface area contributed by atoms with Crippen LogP contribution in [0.5, 0.6) is 0 Å². The van der Waals surface area contributed by atoms with Crippen molar-refractivity contribution in [2.45, 2.75) is 52.3 Å². The lowest BCUT2D eigenvalue weighted by Gasteiger charge is -2.32. The van der Waals surface area contributed by atoms with Gasteiger partial charge in [-0.25, -0.2) is 4.98 Å². The fourth-order valence-corrected chi connectivity index (χ4v) is 3.18. The van der Waals surface area contributed by atoms with Gasteiger partial charge in [0.25, 0.3) is 0 Å². The van der Waals surface area contributed by atoms with Crippen molar-refractivity contribution in [3.63, 3.8) is 0 Å². The average molecular weight is 318 g/mol. The molecule has 0 amide bonds. The van der Waals surface area contributed by atoms with E-state index >= 15 is 0 Å². The molecule has 0 spiro atoms. The SMILES string of the molecule is CCc1n[nH]c(CNC[C@@H]2CCCO[C@H]2c2ccnn2CC)n1. The third kappa shape index (κ3) is 3.79. The van der Waals surface area contributed by atoms with E-state index in [0.29, 0.717) is 12.5 Å². The summed E-state index contributed by atoms with van der Waals surface area (Å²) in [5.41, 5.74) is 1.19. The van der Waals surface area contributed by atoms with Gasteiger partial charge in [0.15, 0.2) is 0 Å². The number of aromatic amines is 1. The summed E-state index contributed by atoms with van der Waals surface area (Å²) in [6.07, 6.45) is 5.13. The first-order chi connectivity index (χ1) is 11.3. The Bertz CT molecular complexity index is 607. The summed E-state index contributed by atoms with van der Waals surface area (Å²) < 4.78 is 8.10. The fourth-order valence-electron chi connectivity index (χ4n) is 3.18. The van der Waals surface area contributed by atoms with Gasteiger partial charge in [0.05, 0.1) is 12.2 Å². The Morgan fingerprint density at radius 3 is 3.13 bits per heavy atom. The highest BCUT2D eigenvalue weighted by Crippen LogP contribution is 2.33. The second-order valence-corrected chi connectivity index (χ2v) is 5.95. The molecule has 3 rings (SSSR count). The van der Waals surface area contributed by atoms with Crippen LogP contribution in [0.25, 0.3) is 0 Å². The Morgan fingerprint density at radius 1 is 1.43 bits per heavy atom. The molecule has 0 bridgehead atoms. The molecule has 0 unspecified atom stereocenters. The summed E-state index contributed by atoms with van der Waals surface area (Å²) in [6.45, 7) is 7.49. The van der Waals surface area contributed by atoms with Crippen LogP contribution < -0.4 is 5.32 Å². The first kappa shape index (κ1) is 16.1. The van der Waals surface area contributed by atoms with Gasteiger partial charge in [-0.2, -0.15) is 10.2 Å². The van der Waals surface area contributed by atoms with E-state index in [1.54, 1.807) is 0 Å². The summed E-state index contributed by atoms with van der Waals surface area (Å²) in [5, 5.41) is 15.0. The fraction of sp³-hybridized carbons (Fsp3) is 0.688. The zero-order valence-electron chi connectivity index (χ0n) is 14.0. The van der Waals surface area contributed by atoms with E-state index in [-0.39, 0.29) is 6.10 Å². The molecule has 7 heteroatoms. The number of hydrogen-bond donors (Lipinski definition) is 2. The minimum absolute atomic E-state index is 0.125. The molecule has 1 aliphatic heterocycles. The highest BCUT2D eigenvalue weighted by atomic mass is 16.5.